The Bertz CT molecular complexity index is 763. The second kappa shape index (κ2) is 5.39. The lowest BCUT2D eigenvalue weighted by Gasteiger charge is -2.09. The topological polar surface area (TPSA) is 43.1 Å². The standard InChI is InChI=1S/C17H13NOS/c18-17(19)14-10-4-6-12-7-5-11-15(16(12)14)20-13-8-2-1-3-9-13/h1-11H,(H2,18,19). The zero-order valence-corrected chi connectivity index (χ0v) is 11.6. The highest BCUT2D eigenvalue weighted by molar-refractivity contribution is 7.99. The van der Waals surface area contributed by atoms with Gasteiger partial charge in [0, 0.05) is 20.7 Å². The Morgan fingerprint density at radius 2 is 1.55 bits per heavy atom. The summed E-state index contributed by atoms with van der Waals surface area (Å²) in [7, 11) is 0. The molecule has 0 fully saturated rings. The Morgan fingerprint density at radius 1 is 0.850 bits per heavy atom. The van der Waals surface area contributed by atoms with E-state index < -0.39 is 5.91 Å². The van der Waals surface area contributed by atoms with Crippen LogP contribution in [0.5, 0.6) is 0 Å². The van der Waals surface area contributed by atoms with Crippen molar-refractivity contribution in [1.82, 2.24) is 0 Å². The number of hydrogen-bond donors (Lipinski definition) is 1. The van der Waals surface area contributed by atoms with Crippen molar-refractivity contribution in [2.75, 3.05) is 0 Å². The van der Waals surface area contributed by atoms with Crippen molar-refractivity contribution in [3.05, 3.63) is 72.3 Å². The van der Waals surface area contributed by atoms with Gasteiger partial charge in [0.05, 0.1) is 0 Å². The fraction of sp³-hybridized carbons (Fsp3) is 0. The predicted molar refractivity (Wildman–Crippen MR) is 83.0 cm³/mol. The zero-order valence-electron chi connectivity index (χ0n) is 10.7. The molecule has 3 aromatic rings. The first-order chi connectivity index (χ1) is 9.75. The zero-order chi connectivity index (χ0) is 13.9. The van der Waals surface area contributed by atoms with Crippen LogP contribution in [0.1, 0.15) is 10.4 Å². The third-order valence-electron chi connectivity index (χ3n) is 3.10. The molecule has 98 valence electrons. The second-order valence-corrected chi connectivity index (χ2v) is 5.55. The number of carbonyl (C=O) groups is 1. The van der Waals surface area contributed by atoms with E-state index in [2.05, 4.69) is 12.1 Å². The van der Waals surface area contributed by atoms with Crippen LogP contribution in [-0.4, -0.2) is 5.91 Å². The molecule has 3 heteroatoms. The number of primary amides is 1. The summed E-state index contributed by atoms with van der Waals surface area (Å²) in [5.74, 6) is -0.392. The van der Waals surface area contributed by atoms with Crippen LogP contribution in [0.4, 0.5) is 0 Å². The normalized spacial score (nSPS) is 10.6. The summed E-state index contributed by atoms with van der Waals surface area (Å²) in [5.41, 5.74) is 6.06. The summed E-state index contributed by atoms with van der Waals surface area (Å²) >= 11 is 1.64. The van der Waals surface area contributed by atoms with Gasteiger partial charge in [-0.15, -0.1) is 0 Å². The number of carbonyl (C=O) groups excluding carboxylic acids is 1. The lowest BCUT2D eigenvalue weighted by molar-refractivity contribution is 0.100. The van der Waals surface area contributed by atoms with Gasteiger partial charge < -0.3 is 5.73 Å². The van der Waals surface area contributed by atoms with E-state index >= 15 is 0 Å². The second-order valence-electron chi connectivity index (χ2n) is 4.44. The predicted octanol–water partition coefficient (Wildman–Crippen LogP) is 4.09. The Morgan fingerprint density at radius 3 is 2.25 bits per heavy atom. The summed E-state index contributed by atoms with van der Waals surface area (Å²) in [6, 6.07) is 21.7. The molecular weight excluding hydrogens is 266 g/mol. The summed E-state index contributed by atoms with van der Waals surface area (Å²) in [5, 5.41) is 1.96. The highest BCUT2D eigenvalue weighted by Gasteiger charge is 2.11. The van der Waals surface area contributed by atoms with Crippen molar-refractivity contribution < 1.29 is 4.79 Å². The van der Waals surface area contributed by atoms with E-state index in [1.807, 2.05) is 48.5 Å². The molecule has 0 atom stereocenters. The molecule has 0 aliphatic rings. The van der Waals surface area contributed by atoms with Crippen molar-refractivity contribution in [3.63, 3.8) is 0 Å². The molecule has 0 heterocycles. The highest BCUT2D eigenvalue weighted by atomic mass is 32.2. The average Bonchev–Trinajstić information content (AvgIpc) is 2.48. The number of hydrogen-bond acceptors (Lipinski definition) is 2. The maximum absolute atomic E-state index is 11.6. The summed E-state index contributed by atoms with van der Waals surface area (Å²) in [4.78, 5) is 13.8. The van der Waals surface area contributed by atoms with Crippen molar-refractivity contribution >= 4 is 28.4 Å². The molecule has 0 saturated carbocycles. The lowest BCUT2D eigenvalue weighted by Crippen LogP contribution is -2.11. The minimum Gasteiger partial charge on any atom is -0.366 e. The molecule has 0 aliphatic heterocycles. The van der Waals surface area contributed by atoms with Gasteiger partial charge in [-0.25, -0.2) is 0 Å². The van der Waals surface area contributed by atoms with Gasteiger partial charge in [0.2, 0.25) is 5.91 Å². The van der Waals surface area contributed by atoms with Gasteiger partial charge in [0.1, 0.15) is 0 Å². The third-order valence-corrected chi connectivity index (χ3v) is 4.17. The summed E-state index contributed by atoms with van der Waals surface area (Å²) < 4.78 is 0. The first-order valence-corrected chi connectivity index (χ1v) is 7.12. The van der Waals surface area contributed by atoms with Crippen molar-refractivity contribution in [2.45, 2.75) is 9.79 Å². The number of amides is 1. The summed E-state index contributed by atoms with van der Waals surface area (Å²) in [6.45, 7) is 0. The molecule has 0 radical (unpaired) electrons. The molecule has 0 aromatic heterocycles. The van der Waals surface area contributed by atoms with Gasteiger partial charge in [-0.2, -0.15) is 0 Å². The first kappa shape index (κ1) is 12.8. The minimum atomic E-state index is -0.392. The third kappa shape index (κ3) is 2.40. The van der Waals surface area contributed by atoms with E-state index in [1.54, 1.807) is 17.8 Å². The Hall–Kier alpha value is -2.26. The van der Waals surface area contributed by atoms with E-state index in [0.717, 1.165) is 20.6 Å². The van der Waals surface area contributed by atoms with Crippen LogP contribution in [0, 0.1) is 0 Å². The van der Waals surface area contributed by atoms with Crippen LogP contribution in [-0.2, 0) is 0 Å². The summed E-state index contributed by atoms with van der Waals surface area (Å²) in [6.07, 6.45) is 0. The molecule has 0 saturated heterocycles. The SMILES string of the molecule is NC(=O)c1cccc2cccc(Sc3ccccc3)c12. The maximum atomic E-state index is 11.6. The molecule has 0 bridgehead atoms. The molecular formula is C17H13NOS. The van der Waals surface area contributed by atoms with Crippen LogP contribution in [0.3, 0.4) is 0 Å². The Labute approximate surface area is 121 Å². The smallest absolute Gasteiger partial charge is 0.249 e. The van der Waals surface area contributed by atoms with E-state index in [0.29, 0.717) is 5.56 Å². The van der Waals surface area contributed by atoms with Crippen molar-refractivity contribution in [2.24, 2.45) is 5.73 Å². The lowest BCUT2D eigenvalue weighted by atomic mass is 10.0. The van der Waals surface area contributed by atoms with Crippen LogP contribution in [0.15, 0.2) is 76.5 Å². The van der Waals surface area contributed by atoms with Crippen molar-refractivity contribution in [1.29, 1.82) is 0 Å². The van der Waals surface area contributed by atoms with Crippen LogP contribution < -0.4 is 5.73 Å². The van der Waals surface area contributed by atoms with Gasteiger partial charge in [-0.3, -0.25) is 4.79 Å². The van der Waals surface area contributed by atoms with Crippen LogP contribution in [0.2, 0.25) is 0 Å². The van der Waals surface area contributed by atoms with Crippen LogP contribution >= 0.6 is 11.8 Å². The monoisotopic (exact) mass is 279 g/mol. The molecule has 2 nitrogen and oxygen atoms in total. The molecule has 3 aromatic carbocycles. The molecule has 1 amide bonds. The van der Waals surface area contributed by atoms with Gasteiger partial charge in [-0.1, -0.05) is 54.2 Å². The number of fused-ring (bicyclic) bond motifs is 1. The van der Waals surface area contributed by atoms with Gasteiger partial charge in [-0.05, 0) is 29.7 Å². The van der Waals surface area contributed by atoms with E-state index in [1.165, 1.54) is 0 Å². The number of benzene rings is 3. The molecule has 3 rings (SSSR count). The van der Waals surface area contributed by atoms with E-state index in [-0.39, 0.29) is 0 Å². The number of nitrogens with two attached hydrogens (primary N) is 1. The first-order valence-electron chi connectivity index (χ1n) is 6.30. The maximum Gasteiger partial charge on any atom is 0.249 e. The Kier molecular flexibility index (Phi) is 3.44. The molecule has 0 unspecified atom stereocenters. The molecule has 20 heavy (non-hydrogen) atoms. The van der Waals surface area contributed by atoms with Gasteiger partial charge in [0.25, 0.3) is 0 Å². The molecule has 0 aliphatic carbocycles. The quantitative estimate of drug-likeness (QED) is 0.784. The van der Waals surface area contributed by atoms with Gasteiger partial charge in [0.15, 0.2) is 0 Å². The number of rotatable bonds is 3. The van der Waals surface area contributed by atoms with Gasteiger partial charge >= 0.3 is 0 Å². The fourth-order valence-corrected chi connectivity index (χ4v) is 3.24. The fourth-order valence-electron chi connectivity index (χ4n) is 2.21. The van der Waals surface area contributed by atoms with E-state index in [9.17, 15) is 4.79 Å². The molecule has 0 spiro atoms. The van der Waals surface area contributed by atoms with Crippen LogP contribution in [0.25, 0.3) is 10.8 Å². The van der Waals surface area contributed by atoms with E-state index in [4.69, 9.17) is 5.73 Å². The Balaban J connectivity index is 2.18. The highest BCUT2D eigenvalue weighted by Crippen LogP contribution is 2.35. The average molecular weight is 279 g/mol. The largest absolute Gasteiger partial charge is 0.366 e. The minimum absolute atomic E-state index is 0.392. The molecule has 2 N–H and O–H groups in total. The van der Waals surface area contributed by atoms with Crippen molar-refractivity contribution in [3.8, 4) is 0 Å².